The van der Waals surface area contributed by atoms with Gasteiger partial charge in [-0.1, -0.05) is 0 Å². The van der Waals surface area contributed by atoms with E-state index < -0.39 is 0 Å². The molecule has 2 heterocycles. The van der Waals surface area contributed by atoms with E-state index in [-0.39, 0.29) is 41.9 Å². The highest BCUT2D eigenvalue weighted by Gasteiger charge is 2.55. The molecule has 0 aromatic heterocycles. The molecule has 0 spiro atoms. The zero-order valence-corrected chi connectivity index (χ0v) is 12.7. The summed E-state index contributed by atoms with van der Waals surface area (Å²) in [6.07, 6.45) is 5.82. The van der Waals surface area contributed by atoms with Crippen molar-refractivity contribution < 1.29 is 18.8 Å². The van der Waals surface area contributed by atoms with Crippen molar-refractivity contribution in [1.29, 1.82) is 0 Å². The van der Waals surface area contributed by atoms with Gasteiger partial charge in [-0.25, -0.2) is 0 Å². The quantitative estimate of drug-likeness (QED) is 0.692. The van der Waals surface area contributed by atoms with Crippen molar-refractivity contribution in [3.05, 3.63) is 12.3 Å². The second-order valence-electron chi connectivity index (χ2n) is 7.18. The van der Waals surface area contributed by atoms with Crippen LogP contribution in [0.2, 0.25) is 5.82 Å². The first-order valence-corrected chi connectivity index (χ1v) is 7.52. The van der Waals surface area contributed by atoms with Crippen LogP contribution in [0.5, 0.6) is 0 Å². The van der Waals surface area contributed by atoms with Crippen LogP contribution in [0, 0.1) is 5.92 Å². The normalized spacial score (nSPS) is 38.5. The lowest BCUT2D eigenvalue weighted by Gasteiger charge is -2.36. The molecule has 3 atom stereocenters. The van der Waals surface area contributed by atoms with Gasteiger partial charge in [0.05, 0.1) is 23.4 Å². The molecule has 0 aromatic carbocycles. The third-order valence-corrected chi connectivity index (χ3v) is 5.33. The monoisotopic (exact) mass is 278 g/mol. The van der Waals surface area contributed by atoms with E-state index in [9.17, 15) is 4.79 Å². The fraction of sp³-hybridized carbons (Fsp3) is 0.800. The largest absolute Gasteiger partial charge is 0.497 e. The van der Waals surface area contributed by atoms with Gasteiger partial charge in [0.25, 0.3) is 0 Å². The summed E-state index contributed by atoms with van der Waals surface area (Å²) in [6.45, 7) is 8.26. The van der Waals surface area contributed by atoms with E-state index in [1.54, 1.807) is 12.3 Å². The van der Waals surface area contributed by atoms with Crippen LogP contribution in [0.1, 0.15) is 47.0 Å². The van der Waals surface area contributed by atoms with Gasteiger partial charge < -0.3 is 14.0 Å². The molecule has 1 aliphatic carbocycles. The van der Waals surface area contributed by atoms with Crippen molar-refractivity contribution in [3.8, 4) is 0 Å². The summed E-state index contributed by atoms with van der Waals surface area (Å²) in [7, 11) is -0.209. The average molecular weight is 278 g/mol. The molecular formula is C15H23BO4. The van der Waals surface area contributed by atoms with Gasteiger partial charge in [-0.2, -0.15) is 0 Å². The SMILES string of the molecule is CC1(C)OB(C2CCC3OC=CC(=O)C3C2)OC1(C)C. The lowest BCUT2D eigenvalue weighted by Crippen LogP contribution is -2.41. The Bertz CT molecular complexity index is 427. The molecule has 3 aliphatic rings. The van der Waals surface area contributed by atoms with E-state index >= 15 is 0 Å². The maximum Gasteiger partial charge on any atom is 0.461 e. The van der Waals surface area contributed by atoms with Gasteiger partial charge >= 0.3 is 7.12 Å². The molecule has 110 valence electrons. The van der Waals surface area contributed by atoms with E-state index in [1.165, 1.54) is 0 Å². The first-order chi connectivity index (χ1) is 9.30. The van der Waals surface area contributed by atoms with E-state index in [1.807, 2.05) is 0 Å². The smallest absolute Gasteiger partial charge is 0.461 e. The molecule has 2 fully saturated rings. The van der Waals surface area contributed by atoms with Crippen molar-refractivity contribution in [2.24, 2.45) is 5.92 Å². The molecule has 2 aliphatic heterocycles. The maximum absolute atomic E-state index is 12.0. The van der Waals surface area contributed by atoms with Gasteiger partial charge in [0.15, 0.2) is 5.78 Å². The van der Waals surface area contributed by atoms with Gasteiger partial charge in [0.2, 0.25) is 0 Å². The zero-order chi connectivity index (χ0) is 14.5. The predicted molar refractivity (Wildman–Crippen MR) is 76.2 cm³/mol. The molecule has 5 heteroatoms. The summed E-state index contributed by atoms with van der Waals surface area (Å²) in [5, 5.41) is 0. The minimum absolute atomic E-state index is 0.0298. The van der Waals surface area contributed by atoms with Crippen molar-refractivity contribution in [1.82, 2.24) is 0 Å². The minimum Gasteiger partial charge on any atom is -0.497 e. The second kappa shape index (κ2) is 4.60. The van der Waals surface area contributed by atoms with Crippen molar-refractivity contribution in [2.75, 3.05) is 0 Å². The maximum atomic E-state index is 12.0. The Morgan fingerprint density at radius 2 is 1.80 bits per heavy atom. The molecule has 4 nitrogen and oxygen atoms in total. The average Bonchev–Trinajstić information content (AvgIpc) is 2.59. The topological polar surface area (TPSA) is 44.8 Å². The lowest BCUT2D eigenvalue weighted by molar-refractivity contribution is -0.125. The van der Waals surface area contributed by atoms with Crippen LogP contribution in [0.3, 0.4) is 0 Å². The number of hydrogen-bond acceptors (Lipinski definition) is 4. The number of fused-ring (bicyclic) bond motifs is 1. The number of carbonyl (C=O) groups excluding carboxylic acids is 1. The van der Waals surface area contributed by atoms with Crippen LogP contribution in [-0.2, 0) is 18.8 Å². The second-order valence-corrected chi connectivity index (χ2v) is 7.18. The van der Waals surface area contributed by atoms with Crippen LogP contribution in [0.25, 0.3) is 0 Å². The first kappa shape index (κ1) is 14.1. The molecular weight excluding hydrogens is 255 g/mol. The fourth-order valence-electron chi connectivity index (χ4n) is 3.30. The summed E-state index contributed by atoms with van der Waals surface area (Å²) in [6, 6.07) is 0. The van der Waals surface area contributed by atoms with Crippen LogP contribution in [0.4, 0.5) is 0 Å². The third-order valence-electron chi connectivity index (χ3n) is 5.33. The number of rotatable bonds is 1. The van der Waals surface area contributed by atoms with Crippen molar-refractivity contribution >= 4 is 12.9 Å². The molecule has 3 unspecified atom stereocenters. The van der Waals surface area contributed by atoms with E-state index in [4.69, 9.17) is 14.0 Å². The third kappa shape index (κ3) is 2.21. The highest BCUT2D eigenvalue weighted by Crippen LogP contribution is 2.46. The Balaban J connectivity index is 1.71. The van der Waals surface area contributed by atoms with Crippen molar-refractivity contribution in [2.45, 2.75) is 70.1 Å². The van der Waals surface area contributed by atoms with Crippen LogP contribution >= 0.6 is 0 Å². The Hall–Kier alpha value is -0.805. The molecule has 3 rings (SSSR count). The van der Waals surface area contributed by atoms with Gasteiger partial charge in [-0.3, -0.25) is 4.79 Å². The molecule has 1 saturated heterocycles. The van der Waals surface area contributed by atoms with Gasteiger partial charge in [-0.05, 0) is 52.8 Å². The summed E-state index contributed by atoms with van der Waals surface area (Å²) in [5.74, 6) is 0.427. The molecule has 1 saturated carbocycles. The van der Waals surface area contributed by atoms with E-state index in [0.717, 1.165) is 19.3 Å². The summed E-state index contributed by atoms with van der Waals surface area (Å²) in [4.78, 5) is 12.0. The molecule has 0 radical (unpaired) electrons. The Kier molecular flexibility index (Phi) is 3.25. The molecule has 0 N–H and O–H groups in total. The Labute approximate surface area is 121 Å². The molecule has 0 bridgehead atoms. The number of allylic oxidation sites excluding steroid dienone is 1. The predicted octanol–water partition coefficient (Wildman–Crippen LogP) is 2.73. The molecule has 0 amide bonds. The van der Waals surface area contributed by atoms with Gasteiger partial charge in [0, 0.05) is 6.08 Å². The number of hydrogen-bond donors (Lipinski definition) is 0. The zero-order valence-electron chi connectivity index (χ0n) is 12.7. The van der Waals surface area contributed by atoms with E-state index in [2.05, 4.69) is 27.7 Å². The first-order valence-electron chi connectivity index (χ1n) is 7.52. The minimum atomic E-state index is -0.304. The lowest BCUT2D eigenvalue weighted by atomic mass is 9.60. The summed E-state index contributed by atoms with van der Waals surface area (Å²) >= 11 is 0. The summed E-state index contributed by atoms with van der Waals surface area (Å²) < 4.78 is 17.8. The summed E-state index contributed by atoms with van der Waals surface area (Å²) in [5.41, 5.74) is -0.608. The highest BCUT2D eigenvalue weighted by molar-refractivity contribution is 6.47. The van der Waals surface area contributed by atoms with Gasteiger partial charge in [-0.15, -0.1) is 0 Å². The van der Waals surface area contributed by atoms with Crippen LogP contribution < -0.4 is 0 Å². The number of carbonyl (C=O) groups is 1. The van der Waals surface area contributed by atoms with Crippen LogP contribution in [0.15, 0.2) is 12.3 Å². The Morgan fingerprint density at radius 1 is 1.15 bits per heavy atom. The number of ketones is 1. The number of ether oxygens (including phenoxy) is 1. The standard InChI is InChI=1S/C15H23BO4/c1-14(2)15(3,4)20-16(19-14)10-5-6-13-11(9-10)12(17)7-8-18-13/h7-8,10-11,13H,5-6,9H2,1-4H3. The fourth-order valence-corrected chi connectivity index (χ4v) is 3.30. The van der Waals surface area contributed by atoms with E-state index in [0.29, 0.717) is 0 Å². The van der Waals surface area contributed by atoms with Gasteiger partial charge in [0.1, 0.15) is 6.10 Å². The molecule has 0 aromatic rings. The van der Waals surface area contributed by atoms with Crippen LogP contribution in [-0.4, -0.2) is 30.2 Å². The molecule has 20 heavy (non-hydrogen) atoms. The van der Waals surface area contributed by atoms with Crippen molar-refractivity contribution in [3.63, 3.8) is 0 Å². The Morgan fingerprint density at radius 3 is 2.45 bits per heavy atom. The highest BCUT2D eigenvalue weighted by atomic mass is 16.7.